The Morgan fingerprint density at radius 2 is 2.16 bits per heavy atom. The van der Waals surface area contributed by atoms with Gasteiger partial charge >= 0.3 is 5.97 Å². The van der Waals surface area contributed by atoms with Crippen LogP contribution in [-0.4, -0.2) is 42.0 Å². The van der Waals surface area contributed by atoms with Crippen LogP contribution in [-0.2, 0) is 0 Å². The molecule has 5 heteroatoms. The number of nitrogens with one attached hydrogen (secondary N) is 1. The van der Waals surface area contributed by atoms with E-state index < -0.39 is 5.97 Å². The van der Waals surface area contributed by atoms with E-state index in [4.69, 9.17) is 14.9 Å². The van der Waals surface area contributed by atoms with Crippen LogP contribution >= 0.6 is 0 Å². The smallest absolute Gasteiger partial charge is 0.339 e. The van der Waals surface area contributed by atoms with Gasteiger partial charge in [-0.25, -0.2) is 4.79 Å². The van der Waals surface area contributed by atoms with Crippen LogP contribution in [0.25, 0.3) is 0 Å². The maximum absolute atomic E-state index is 11.0. The van der Waals surface area contributed by atoms with Crippen molar-refractivity contribution in [3.63, 3.8) is 0 Å². The first-order valence-corrected chi connectivity index (χ1v) is 6.48. The van der Waals surface area contributed by atoms with Crippen LogP contribution in [0.4, 0.5) is 0 Å². The zero-order valence-corrected chi connectivity index (χ0v) is 11.1. The summed E-state index contributed by atoms with van der Waals surface area (Å²) in [4.78, 5) is 11.0. The molecule has 5 nitrogen and oxygen atoms in total. The second-order valence-electron chi connectivity index (χ2n) is 4.22. The van der Waals surface area contributed by atoms with E-state index >= 15 is 0 Å². The van der Waals surface area contributed by atoms with Gasteiger partial charge in [-0.05, 0) is 25.0 Å². The molecule has 106 valence electrons. The van der Waals surface area contributed by atoms with Crippen molar-refractivity contribution in [2.45, 2.75) is 25.8 Å². The molecule has 0 aliphatic rings. The molecule has 0 heterocycles. The summed E-state index contributed by atoms with van der Waals surface area (Å²) in [7, 11) is 0. The third-order valence-electron chi connectivity index (χ3n) is 2.88. The number of rotatable bonds is 9. The summed E-state index contributed by atoms with van der Waals surface area (Å²) in [6.07, 6.45) is 1.65. The number of aliphatic hydroxyl groups excluding tert-OH is 1. The molecule has 0 aliphatic heterocycles. The van der Waals surface area contributed by atoms with E-state index in [0.29, 0.717) is 25.3 Å². The Morgan fingerprint density at radius 1 is 1.42 bits per heavy atom. The summed E-state index contributed by atoms with van der Waals surface area (Å²) < 4.78 is 5.47. The Kier molecular flexibility index (Phi) is 6.92. The fraction of sp³-hybridized carbons (Fsp3) is 0.500. The quantitative estimate of drug-likeness (QED) is 0.591. The molecule has 0 amide bonds. The third kappa shape index (κ3) is 5.28. The second kappa shape index (κ2) is 8.50. The summed E-state index contributed by atoms with van der Waals surface area (Å²) >= 11 is 0. The molecule has 0 bridgehead atoms. The number of aliphatic hydroxyl groups is 1. The minimum atomic E-state index is -0.990. The van der Waals surface area contributed by atoms with E-state index in [2.05, 4.69) is 5.32 Å². The largest absolute Gasteiger partial charge is 0.491 e. The maximum Gasteiger partial charge on any atom is 0.339 e. The highest BCUT2D eigenvalue weighted by Crippen LogP contribution is 2.17. The monoisotopic (exact) mass is 267 g/mol. The highest BCUT2D eigenvalue weighted by molar-refractivity contribution is 5.90. The molecule has 0 spiro atoms. The van der Waals surface area contributed by atoms with E-state index in [-0.39, 0.29) is 18.2 Å². The van der Waals surface area contributed by atoms with E-state index in [1.54, 1.807) is 18.2 Å². The van der Waals surface area contributed by atoms with Gasteiger partial charge in [0, 0.05) is 19.2 Å². The van der Waals surface area contributed by atoms with Crippen molar-refractivity contribution in [3.05, 3.63) is 29.8 Å². The van der Waals surface area contributed by atoms with Gasteiger partial charge in [-0.15, -0.1) is 0 Å². The molecule has 1 aromatic rings. The highest BCUT2D eigenvalue weighted by Gasteiger charge is 2.10. The zero-order valence-electron chi connectivity index (χ0n) is 11.1. The van der Waals surface area contributed by atoms with E-state index in [0.717, 1.165) is 6.42 Å². The Morgan fingerprint density at radius 3 is 2.79 bits per heavy atom. The number of hydrogen-bond acceptors (Lipinski definition) is 4. The molecule has 0 aromatic heterocycles. The second-order valence-corrected chi connectivity index (χ2v) is 4.22. The minimum Gasteiger partial charge on any atom is -0.491 e. The van der Waals surface area contributed by atoms with E-state index in [1.807, 2.05) is 6.92 Å². The van der Waals surface area contributed by atoms with Crippen molar-refractivity contribution in [3.8, 4) is 5.75 Å². The van der Waals surface area contributed by atoms with Crippen molar-refractivity contribution in [1.29, 1.82) is 0 Å². The van der Waals surface area contributed by atoms with Crippen LogP contribution in [0, 0.1) is 0 Å². The molecule has 1 aromatic carbocycles. The average molecular weight is 267 g/mol. The van der Waals surface area contributed by atoms with E-state index in [9.17, 15) is 4.79 Å². The summed E-state index contributed by atoms with van der Waals surface area (Å²) in [6, 6.07) is 6.85. The van der Waals surface area contributed by atoms with Gasteiger partial charge in [0.05, 0.1) is 0 Å². The van der Waals surface area contributed by atoms with Crippen molar-refractivity contribution in [1.82, 2.24) is 5.32 Å². The number of ether oxygens (including phenoxy) is 1. The number of carboxylic acid groups (broad SMARTS) is 1. The van der Waals surface area contributed by atoms with Gasteiger partial charge in [0.2, 0.25) is 0 Å². The normalized spacial score (nSPS) is 12.1. The fourth-order valence-electron chi connectivity index (χ4n) is 1.80. The lowest BCUT2D eigenvalue weighted by atomic mass is 10.1. The first-order chi connectivity index (χ1) is 9.19. The highest BCUT2D eigenvalue weighted by atomic mass is 16.5. The van der Waals surface area contributed by atoms with Crippen LogP contribution < -0.4 is 10.1 Å². The van der Waals surface area contributed by atoms with Crippen molar-refractivity contribution >= 4 is 5.97 Å². The first kappa shape index (κ1) is 15.5. The van der Waals surface area contributed by atoms with Crippen molar-refractivity contribution in [2.24, 2.45) is 0 Å². The molecule has 1 unspecified atom stereocenters. The summed E-state index contributed by atoms with van der Waals surface area (Å²) in [5.41, 5.74) is 0.171. The Hall–Kier alpha value is -1.59. The predicted octanol–water partition coefficient (Wildman–Crippen LogP) is 1.51. The van der Waals surface area contributed by atoms with Crippen molar-refractivity contribution in [2.75, 3.05) is 19.8 Å². The van der Waals surface area contributed by atoms with Gasteiger partial charge in [0.1, 0.15) is 17.9 Å². The molecule has 19 heavy (non-hydrogen) atoms. The van der Waals surface area contributed by atoms with Gasteiger partial charge in [-0.2, -0.15) is 0 Å². The van der Waals surface area contributed by atoms with Gasteiger partial charge in [-0.1, -0.05) is 19.1 Å². The fourth-order valence-corrected chi connectivity index (χ4v) is 1.80. The van der Waals surface area contributed by atoms with Crippen LogP contribution in [0.15, 0.2) is 24.3 Å². The lowest BCUT2D eigenvalue weighted by molar-refractivity contribution is 0.0692. The SMILES string of the molecule is CCC(CCO)NCCOc1ccccc1C(=O)O. The molecular formula is C14H21NO4. The number of carbonyl (C=O) groups is 1. The number of carboxylic acids is 1. The van der Waals surface area contributed by atoms with Crippen molar-refractivity contribution < 1.29 is 19.7 Å². The summed E-state index contributed by atoms with van der Waals surface area (Å²) in [6.45, 7) is 3.22. The summed E-state index contributed by atoms with van der Waals surface area (Å²) in [5.74, 6) is -0.609. The molecule has 0 aliphatic carbocycles. The third-order valence-corrected chi connectivity index (χ3v) is 2.88. The number of benzene rings is 1. The molecule has 0 fully saturated rings. The molecule has 1 atom stereocenters. The molecule has 0 saturated heterocycles. The zero-order chi connectivity index (χ0) is 14.1. The van der Waals surface area contributed by atoms with Gasteiger partial charge in [0.15, 0.2) is 0 Å². The molecule has 0 saturated carbocycles. The minimum absolute atomic E-state index is 0.161. The standard InChI is InChI=1S/C14H21NO4/c1-2-11(7-9-16)15-8-10-19-13-6-4-3-5-12(13)14(17)18/h3-6,11,15-16H,2,7-10H2,1H3,(H,17,18). The topological polar surface area (TPSA) is 78.8 Å². The average Bonchev–Trinajstić information content (AvgIpc) is 2.42. The summed E-state index contributed by atoms with van der Waals surface area (Å²) in [5, 5.41) is 21.1. The van der Waals surface area contributed by atoms with Crippen LogP contribution in [0.3, 0.4) is 0 Å². The lowest BCUT2D eigenvalue weighted by Crippen LogP contribution is -2.32. The number of para-hydroxylation sites is 1. The first-order valence-electron chi connectivity index (χ1n) is 6.48. The molecule has 0 radical (unpaired) electrons. The molecule has 1 rings (SSSR count). The lowest BCUT2D eigenvalue weighted by Gasteiger charge is -2.16. The number of hydrogen-bond donors (Lipinski definition) is 3. The molecular weight excluding hydrogens is 246 g/mol. The van der Waals surface area contributed by atoms with Gasteiger partial charge in [0.25, 0.3) is 0 Å². The van der Waals surface area contributed by atoms with Gasteiger partial charge in [-0.3, -0.25) is 0 Å². The molecule has 3 N–H and O–H groups in total. The van der Waals surface area contributed by atoms with E-state index in [1.165, 1.54) is 6.07 Å². The maximum atomic E-state index is 11.0. The van der Waals surface area contributed by atoms with Gasteiger partial charge < -0.3 is 20.3 Å². The Balaban J connectivity index is 2.39. The van der Waals surface area contributed by atoms with Crippen LogP contribution in [0.5, 0.6) is 5.75 Å². The Bertz CT molecular complexity index is 395. The predicted molar refractivity (Wildman–Crippen MR) is 72.7 cm³/mol. The Labute approximate surface area is 113 Å². The van der Waals surface area contributed by atoms with Crippen LogP contribution in [0.2, 0.25) is 0 Å². The number of aromatic carboxylic acids is 1. The van der Waals surface area contributed by atoms with Crippen LogP contribution in [0.1, 0.15) is 30.1 Å².